The van der Waals surface area contributed by atoms with E-state index in [1.807, 2.05) is 0 Å². The summed E-state index contributed by atoms with van der Waals surface area (Å²) in [5.41, 5.74) is 0. The van der Waals surface area contributed by atoms with Crippen LogP contribution in [0.5, 0.6) is 0 Å². The molecule has 0 saturated heterocycles. The summed E-state index contributed by atoms with van der Waals surface area (Å²) in [6.45, 7) is 0. The van der Waals surface area contributed by atoms with E-state index >= 15 is 0 Å². The monoisotopic (exact) mass is 783 g/mol. The number of hydrogen-bond donors (Lipinski definition) is 0. The van der Waals surface area contributed by atoms with Gasteiger partial charge in [0.25, 0.3) is 0 Å². The van der Waals surface area contributed by atoms with Crippen molar-refractivity contribution in [2.75, 3.05) is 0 Å². The summed E-state index contributed by atoms with van der Waals surface area (Å²) >= 11 is 0. The van der Waals surface area contributed by atoms with Gasteiger partial charge in [-0.15, -0.1) is 0 Å². The largest absolute Gasteiger partial charge is 4.00 e. The minimum Gasteiger partial charge on any atom is -2.00 e. The molecule has 0 bridgehead atoms. The van der Waals surface area contributed by atoms with Crippen molar-refractivity contribution in [1.29, 1.82) is 0 Å². The molecule has 16 nitrogen and oxygen atoms in total. The Hall–Kier alpha value is 7.22. The van der Waals surface area contributed by atoms with E-state index < -0.39 is 0 Å². The van der Waals surface area contributed by atoms with Crippen LogP contribution in [-0.4, -0.2) is 0 Å². The molecule has 0 heterocycles. The molecule has 0 aliphatic heterocycles. The molecule has 0 aliphatic rings. The van der Waals surface area contributed by atoms with Gasteiger partial charge in [0, 0.05) is 0 Å². The fourth-order valence-electron chi connectivity index (χ4n) is 0. The van der Waals surface area contributed by atoms with Crippen molar-refractivity contribution in [3.8, 4) is 0 Å². The van der Waals surface area contributed by atoms with Gasteiger partial charge in [0.1, 0.15) is 0 Å². The zero-order valence-electron chi connectivity index (χ0n) is 12.0. The Morgan fingerprint density at radius 1 is 0.185 bits per heavy atom. The summed E-state index contributed by atoms with van der Waals surface area (Å²) in [4.78, 5) is 0. The van der Waals surface area contributed by atoms with Crippen molar-refractivity contribution in [1.82, 2.24) is 0 Å². The van der Waals surface area contributed by atoms with Crippen LogP contribution in [0, 0.1) is 0 Å². The maximum absolute atomic E-state index is 7.00. The molecule has 0 amide bonds. The normalized spacial score (nSPS) is 0.889. The van der Waals surface area contributed by atoms with Gasteiger partial charge < -0.3 is 173 Å². The van der Waals surface area contributed by atoms with Crippen molar-refractivity contribution < 1.29 is 325 Å². The second kappa shape index (κ2) is 662. The Labute approximate surface area is 318 Å². The molecule has 27 heteroatoms. The molecule has 0 unspecified atom stereocenters. The Kier molecular flexibility index (Phi) is 7360. The predicted octanol–water partition coefficient (Wildman–Crippen LogP) is -10.5. The summed E-state index contributed by atoms with van der Waals surface area (Å²) in [6.07, 6.45) is 0. The minimum atomic E-state index is 0. The summed E-state index contributed by atoms with van der Waals surface area (Å²) in [5, 5.41) is 56.0. The van der Waals surface area contributed by atoms with Gasteiger partial charge in [-0.2, -0.15) is 0 Å². The van der Waals surface area contributed by atoms with Gasteiger partial charge in [0.05, 0.1) is 0 Å². The first kappa shape index (κ1) is 300. The molecule has 0 saturated carbocycles. The Balaban J connectivity index is -0.000000000305. The molecule has 0 aromatic carbocycles. The molecule has 0 atom stereocenters. The van der Waals surface area contributed by atoms with Gasteiger partial charge in [-0.05, 0) is 0 Å². The Bertz CT molecular complexity index is 26.3. The van der Waals surface area contributed by atoms with Gasteiger partial charge in [-0.3, -0.25) is 0 Å². The summed E-state index contributed by atoms with van der Waals surface area (Å²) in [6, 6.07) is 0. The van der Waals surface area contributed by atoms with Gasteiger partial charge >= 0.3 is 152 Å². The maximum Gasteiger partial charge on any atom is 4.00 e. The van der Waals surface area contributed by atoms with E-state index in [0.717, 1.165) is 0 Å². The molecule has 0 N–H and O–H groups in total. The number of rotatable bonds is 0. The third-order valence-electron chi connectivity index (χ3n) is 0. The molecule has 140 valence electrons. The Morgan fingerprint density at radius 2 is 0.185 bits per heavy atom. The molecule has 0 aromatic heterocycles. The molecular weight excluding hydrogens is 783 g/mol. The van der Waals surface area contributed by atoms with Gasteiger partial charge in [0.15, 0.2) is 0 Å². The molecule has 4 radical (unpaired) electrons. The van der Waals surface area contributed by atoms with Gasteiger partial charge in [0.2, 0.25) is 0 Å². The molecule has 27 heavy (non-hydrogen) atoms. The second-order valence-corrected chi connectivity index (χ2v) is 0. The third kappa shape index (κ3) is 621. The third-order valence-corrected chi connectivity index (χ3v) is 0. The summed E-state index contributed by atoms with van der Waals surface area (Å²) in [5.74, 6) is 0. The molecule has 0 aliphatic carbocycles. The van der Waals surface area contributed by atoms with Gasteiger partial charge in [-0.1, -0.05) is 0 Å². The molecule has 0 rings (SSSR count). The van der Waals surface area contributed by atoms with E-state index in [0.29, 0.717) is 0 Å². The fourth-order valence-corrected chi connectivity index (χ4v) is 0. The first-order valence-corrected chi connectivity index (χ1v) is 0.667. The zero-order valence-corrected chi connectivity index (χ0v) is 29.2. The SMILES string of the molecule is [O-2].[O-2].[O-2].[O-2].[O-2].[O-2].[O-2].[O-2].[O-][O-].[O-][O-].[O-][O-].[O-][O-].[Ti+4].[Ti+4].[Ti+4].[Ti+4].[Ti+4].[Ti+4].[Ti+4].[Ti-].[Ti-].[Ti-].[Ti-]. The first-order chi connectivity index (χ1) is 4.00. The van der Waals surface area contributed by atoms with Crippen LogP contribution in [0.1, 0.15) is 0 Å². The summed E-state index contributed by atoms with van der Waals surface area (Å²) in [7, 11) is 0. The van der Waals surface area contributed by atoms with E-state index in [1.165, 1.54) is 0 Å². The average molecular weight is 783 g/mol. The van der Waals surface area contributed by atoms with Gasteiger partial charge in [-0.25, -0.2) is 0 Å². The predicted molar refractivity (Wildman–Crippen MR) is 5.49 cm³/mol. The van der Waals surface area contributed by atoms with Crippen LogP contribution >= 0.6 is 0 Å². The van der Waals surface area contributed by atoms with Crippen molar-refractivity contribution in [3.63, 3.8) is 0 Å². The quantitative estimate of drug-likeness (QED) is 0.129. The standard InChI is InChI=1S/4O2.8O.11Ti/c4*1-2;;;;;;;;;;;;;;;;;;;/q12*-2;4*-1;7*+4. The smallest absolute Gasteiger partial charge is 2.00 e. The van der Waals surface area contributed by atoms with Crippen LogP contribution in [0.3, 0.4) is 0 Å². The van der Waals surface area contributed by atoms with E-state index in [9.17, 15) is 0 Å². The van der Waals surface area contributed by atoms with Crippen LogP contribution in [0.15, 0.2) is 0 Å². The first-order valence-electron chi connectivity index (χ1n) is 0.667. The zero-order chi connectivity index (χ0) is 8.00. The van der Waals surface area contributed by atoms with Crippen LogP contribution in [0.25, 0.3) is 0 Å². The van der Waals surface area contributed by atoms with Crippen molar-refractivity contribution in [3.05, 3.63) is 0 Å². The van der Waals surface area contributed by atoms with Crippen LogP contribution in [0.2, 0.25) is 0 Å². The van der Waals surface area contributed by atoms with E-state index in [4.69, 9.17) is 42.1 Å². The molecule has 0 aromatic rings. The van der Waals surface area contributed by atoms with Crippen molar-refractivity contribution in [2.24, 2.45) is 0 Å². The van der Waals surface area contributed by atoms with E-state index in [2.05, 4.69) is 0 Å². The summed E-state index contributed by atoms with van der Waals surface area (Å²) < 4.78 is 0. The van der Waals surface area contributed by atoms with Crippen LogP contribution in [0.4, 0.5) is 0 Å². The molecular formula is O16Ti11. The Morgan fingerprint density at radius 3 is 0.185 bits per heavy atom. The minimum absolute atomic E-state index is 0. The van der Waals surface area contributed by atoms with Crippen molar-refractivity contribution in [2.45, 2.75) is 0 Å². The van der Waals surface area contributed by atoms with E-state index in [1.54, 1.807) is 0 Å². The van der Waals surface area contributed by atoms with Crippen LogP contribution < -0.4 is 42.1 Å². The van der Waals surface area contributed by atoms with Crippen molar-refractivity contribution >= 4 is 0 Å². The average Bonchev–Trinajstić information content (AvgIpc) is 2.03. The fraction of sp³-hybridized carbons (Fsp3) is 0. The number of hydrogen-bond acceptors (Lipinski definition) is 8. The second-order valence-electron chi connectivity index (χ2n) is 0. The maximum atomic E-state index is 7.00. The van der Waals surface area contributed by atoms with Crippen LogP contribution in [-0.2, 0) is 283 Å². The molecule has 0 fully saturated rings. The topological polar surface area (TPSA) is 412 Å². The molecule has 0 spiro atoms. The van der Waals surface area contributed by atoms with E-state index in [-0.39, 0.29) is 283 Å².